The summed E-state index contributed by atoms with van der Waals surface area (Å²) in [6, 6.07) is 23.9. The summed E-state index contributed by atoms with van der Waals surface area (Å²) in [5.41, 5.74) is 1.37. The molecule has 230 valence electrons. The lowest BCUT2D eigenvalue weighted by Gasteiger charge is -2.33. The molecule has 2 amide bonds. The van der Waals surface area contributed by atoms with Gasteiger partial charge in [0.2, 0.25) is 11.8 Å². The number of sulfonamides is 1. The van der Waals surface area contributed by atoms with Crippen molar-refractivity contribution >= 4 is 27.5 Å². The number of amides is 2. The van der Waals surface area contributed by atoms with Gasteiger partial charge in [0.15, 0.2) is 0 Å². The maximum absolute atomic E-state index is 14.3. The Morgan fingerprint density at radius 2 is 1.41 bits per heavy atom. The predicted molar refractivity (Wildman–Crippen MR) is 163 cm³/mol. The summed E-state index contributed by atoms with van der Waals surface area (Å²) < 4.78 is 61.6. The molecule has 0 spiro atoms. The van der Waals surface area contributed by atoms with Gasteiger partial charge >= 0.3 is 0 Å². The third kappa shape index (κ3) is 7.99. The molecule has 1 atom stereocenters. The van der Waals surface area contributed by atoms with Gasteiger partial charge in [-0.3, -0.25) is 13.9 Å². The van der Waals surface area contributed by atoms with Crippen LogP contribution in [-0.2, 0) is 32.6 Å². The van der Waals surface area contributed by atoms with Gasteiger partial charge in [0.25, 0.3) is 10.0 Å². The van der Waals surface area contributed by atoms with Gasteiger partial charge in [-0.15, -0.1) is 0 Å². The number of halogens is 2. The molecule has 4 rings (SSSR count). The Balaban J connectivity index is 1.78. The maximum atomic E-state index is 14.3. The Labute approximate surface area is 255 Å². The number of ether oxygens (including phenoxy) is 1. The zero-order valence-corrected chi connectivity index (χ0v) is 25.1. The number of hydrogen-bond acceptors (Lipinski definition) is 5. The van der Waals surface area contributed by atoms with Crippen molar-refractivity contribution in [1.82, 2.24) is 10.2 Å². The summed E-state index contributed by atoms with van der Waals surface area (Å²) in [4.78, 5) is 28.9. The molecule has 0 aliphatic heterocycles. The van der Waals surface area contributed by atoms with E-state index in [4.69, 9.17) is 4.74 Å². The van der Waals surface area contributed by atoms with E-state index in [1.807, 2.05) is 30.3 Å². The number of nitrogens with one attached hydrogen (secondary N) is 1. The molecule has 11 heteroatoms. The molecular formula is C33H33F2N3O5S. The van der Waals surface area contributed by atoms with E-state index in [9.17, 15) is 26.8 Å². The number of methoxy groups -OCH3 is 1. The van der Waals surface area contributed by atoms with E-state index in [0.29, 0.717) is 17.9 Å². The topological polar surface area (TPSA) is 96.0 Å². The highest BCUT2D eigenvalue weighted by atomic mass is 32.2. The van der Waals surface area contributed by atoms with Crippen LogP contribution in [0.15, 0.2) is 108 Å². The SMILES string of the molecule is CCNC(=O)C(Cc1ccccc1)N(Cc1ccc(F)cc1)C(=O)CN(c1ccc(F)cc1)S(=O)(=O)c1ccc(OC)cc1. The smallest absolute Gasteiger partial charge is 0.264 e. The standard InChI is InChI=1S/C33H33F2N3O5S/c1-3-36-33(40)31(21-24-7-5-4-6-8-24)37(22-25-9-11-26(34)12-10-25)32(39)23-38(28-15-13-27(35)14-16-28)44(41,42)30-19-17-29(43-2)18-20-30/h4-20,31H,3,21-23H2,1-2H3,(H,36,40). The van der Waals surface area contributed by atoms with Crippen molar-refractivity contribution in [1.29, 1.82) is 0 Å². The summed E-state index contributed by atoms with van der Waals surface area (Å²) in [5, 5.41) is 2.78. The molecule has 0 radical (unpaired) electrons. The van der Waals surface area contributed by atoms with E-state index in [0.717, 1.165) is 22.0 Å². The average Bonchev–Trinajstić information content (AvgIpc) is 3.03. The molecule has 0 aliphatic carbocycles. The van der Waals surface area contributed by atoms with Crippen molar-refractivity contribution in [3.05, 3.63) is 126 Å². The fourth-order valence-corrected chi connectivity index (χ4v) is 6.06. The Bertz CT molecular complexity index is 1650. The summed E-state index contributed by atoms with van der Waals surface area (Å²) >= 11 is 0. The molecule has 0 bridgehead atoms. The van der Waals surface area contributed by atoms with Gasteiger partial charge in [0, 0.05) is 19.5 Å². The number of rotatable bonds is 13. The first-order valence-electron chi connectivity index (χ1n) is 13.9. The van der Waals surface area contributed by atoms with Crippen LogP contribution in [0.5, 0.6) is 5.75 Å². The number of benzene rings is 4. The fraction of sp³-hybridized carbons (Fsp3) is 0.212. The second-order valence-electron chi connectivity index (χ2n) is 9.91. The van der Waals surface area contributed by atoms with Crippen LogP contribution in [0, 0.1) is 11.6 Å². The summed E-state index contributed by atoms with van der Waals surface area (Å²) in [5.74, 6) is -1.74. The molecule has 0 heterocycles. The van der Waals surface area contributed by atoms with E-state index >= 15 is 0 Å². The average molecular weight is 622 g/mol. The van der Waals surface area contributed by atoms with Crippen molar-refractivity contribution in [2.45, 2.75) is 30.8 Å². The first kappa shape index (κ1) is 32.2. The molecule has 44 heavy (non-hydrogen) atoms. The number of nitrogens with zero attached hydrogens (tertiary/aromatic N) is 2. The minimum atomic E-state index is -4.36. The number of carbonyl (C=O) groups is 2. The minimum Gasteiger partial charge on any atom is -0.497 e. The Hall–Kier alpha value is -4.77. The molecule has 0 saturated carbocycles. The maximum Gasteiger partial charge on any atom is 0.264 e. The molecule has 0 fully saturated rings. The van der Waals surface area contributed by atoms with E-state index < -0.39 is 46.1 Å². The quantitative estimate of drug-likeness (QED) is 0.228. The highest BCUT2D eigenvalue weighted by molar-refractivity contribution is 7.92. The molecule has 1 unspecified atom stereocenters. The molecule has 0 saturated heterocycles. The van der Waals surface area contributed by atoms with Crippen LogP contribution in [0.1, 0.15) is 18.1 Å². The fourth-order valence-electron chi connectivity index (χ4n) is 4.64. The highest BCUT2D eigenvalue weighted by Crippen LogP contribution is 2.26. The Kier molecular flexibility index (Phi) is 10.7. The van der Waals surface area contributed by atoms with Gasteiger partial charge in [-0.1, -0.05) is 42.5 Å². The first-order chi connectivity index (χ1) is 21.1. The van der Waals surface area contributed by atoms with Crippen molar-refractivity contribution < 1.29 is 31.5 Å². The second kappa shape index (κ2) is 14.6. The number of hydrogen-bond donors (Lipinski definition) is 1. The monoisotopic (exact) mass is 621 g/mol. The van der Waals surface area contributed by atoms with Crippen LogP contribution in [-0.4, -0.2) is 51.4 Å². The third-order valence-corrected chi connectivity index (χ3v) is 8.72. The zero-order valence-electron chi connectivity index (χ0n) is 24.3. The number of carbonyl (C=O) groups excluding carboxylic acids is 2. The van der Waals surface area contributed by atoms with E-state index in [1.54, 1.807) is 6.92 Å². The molecule has 8 nitrogen and oxygen atoms in total. The lowest BCUT2D eigenvalue weighted by atomic mass is 10.0. The Morgan fingerprint density at radius 1 is 0.818 bits per heavy atom. The van der Waals surface area contributed by atoms with Crippen molar-refractivity contribution in [2.75, 3.05) is 24.5 Å². The molecule has 4 aromatic rings. The molecule has 1 N–H and O–H groups in total. The van der Waals surface area contributed by atoms with Crippen LogP contribution < -0.4 is 14.4 Å². The molecule has 0 aromatic heterocycles. The summed E-state index contributed by atoms with van der Waals surface area (Å²) in [6.07, 6.45) is 0.140. The predicted octanol–water partition coefficient (Wildman–Crippen LogP) is 4.94. The van der Waals surface area contributed by atoms with Crippen LogP contribution in [0.3, 0.4) is 0 Å². The lowest BCUT2D eigenvalue weighted by Crippen LogP contribution is -2.53. The van der Waals surface area contributed by atoms with Gasteiger partial charge in [0.1, 0.15) is 30.0 Å². The normalized spacial score (nSPS) is 11.8. The van der Waals surface area contributed by atoms with E-state index in [1.165, 1.54) is 72.7 Å². The van der Waals surface area contributed by atoms with Crippen LogP contribution >= 0.6 is 0 Å². The van der Waals surface area contributed by atoms with Crippen molar-refractivity contribution in [2.24, 2.45) is 0 Å². The number of likely N-dealkylation sites (N-methyl/N-ethyl adjacent to an activating group) is 1. The highest BCUT2D eigenvalue weighted by Gasteiger charge is 2.34. The number of anilines is 1. The first-order valence-corrected chi connectivity index (χ1v) is 15.3. The largest absolute Gasteiger partial charge is 0.497 e. The molecule has 4 aromatic carbocycles. The van der Waals surface area contributed by atoms with Crippen LogP contribution in [0.4, 0.5) is 14.5 Å². The zero-order chi connectivity index (χ0) is 31.7. The molecular weight excluding hydrogens is 588 g/mol. The van der Waals surface area contributed by atoms with E-state index in [-0.39, 0.29) is 23.5 Å². The van der Waals surface area contributed by atoms with E-state index in [2.05, 4.69) is 5.32 Å². The van der Waals surface area contributed by atoms with Crippen LogP contribution in [0.25, 0.3) is 0 Å². The van der Waals surface area contributed by atoms with Gasteiger partial charge < -0.3 is 15.0 Å². The Morgan fingerprint density at radius 3 is 1.98 bits per heavy atom. The van der Waals surface area contributed by atoms with Crippen molar-refractivity contribution in [3.8, 4) is 5.75 Å². The van der Waals surface area contributed by atoms with Gasteiger partial charge in [0.05, 0.1) is 17.7 Å². The van der Waals surface area contributed by atoms with Gasteiger partial charge in [-0.05, 0) is 78.7 Å². The lowest BCUT2D eigenvalue weighted by molar-refractivity contribution is -0.140. The van der Waals surface area contributed by atoms with Crippen molar-refractivity contribution in [3.63, 3.8) is 0 Å². The van der Waals surface area contributed by atoms with Gasteiger partial charge in [-0.2, -0.15) is 0 Å². The second-order valence-corrected chi connectivity index (χ2v) is 11.8. The minimum absolute atomic E-state index is 0.0509. The molecule has 0 aliphatic rings. The summed E-state index contributed by atoms with van der Waals surface area (Å²) in [7, 11) is -2.91. The third-order valence-electron chi connectivity index (χ3n) is 6.93. The van der Waals surface area contributed by atoms with Gasteiger partial charge in [-0.25, -0.2) is 17.2 Å². The summed E-state index contributed by atoms with van der Waals surface area (Å²) in [6.45, 7) is 1.25. The van der Waals surface area contributed by atoms with Crippen LogP contribution in [0.2, 0.25) is 0 Å².